The van der Waals surface area contributed by atoms with Crippen molar-refractivity contribution in [3.63, 3.8) is 0 Å². The molecule has 154 valence electrons. The Balaban J connectivity index is 1.20. The maximum atomic E-state index is 12.7. The van der Waals surface area contributed by atoms with Gasteiger partial charge in [0.25, 0.3) is 5.56 Å². The number of carbonyl (C=O) groups is 1. The number of aromatic nitrogens is 3. The number of hydrogen-bond donors (Lipinski definition) is 1. The molecule has 1 aromatic carbocycles. The summed E-state index contributed by atoms with van der Waals surface area (Å²) in [4.78, 5) is 24.9. The van der Waals surface area contributed by atoms with Crippen LogP contribution in [0, 0.1) is 6.92 Å². The van der Waals surface area contributed by atoms with Crippen LogP contribution in [-0.4, -0.2) is 26.9 Å². The van der Waals surface area contributed by atoms with E-state index in [1.807, 2.05) is 31.2 Å². The van der Waals surface area contributed by atoms with E-state index in [1.54, 1.807) is 16.7 Å². The van der Waals surface area contributed by atoms with Crippen LogP contribution >= 0.6 is 0 Å². The van der Waals surface area contributed by atoms with Gasteiger partial charge in [0, 0.05) is 31.6 Å². The van der Waals surface area contributed by atoms with Crippen LogP contribution in [0.25, 0.3) is 16.6 Å². The molecule has 30 heavy (non-hydrogen) atoms. The van der Waals surface area contributed by atoms with Gasteiger partial charge in [-0.2, -0.15) is 5.10 Å². The molecule has 1 aliphatic heterocycles. The van der Waals surface area contributed by atoms with E-state index in [0.717, 1.165) is 11.1 Å². The molecule has 0 atom stereocenters. The molecule has 3 aromatic heterocycles. The molecule has 0 spiro atoms. The topological polar surface area (TPSA) is 100 Å². The minimum atomic E-state index is -0.201. The SMILES string of the molecule is Cc1nn(CCCC(=O)NCc2ccc3c(c2)OCO3)c(=O)c2cc3occc3n12. The van der Waals surface area contributed by atoms with Gasteiger partial charge in [-0.05, 0) is 31.0 Å². The number of hydrogen-bond acceptors (Lipinski definition) is 6. The van der Waals surface area contributed by atoms with Crippen molar-refractivity contribution in [1.29, 1.82) is 0 Å². The fourth-order valence-corrected chi connectivity index (χ4v) is 3.71. The smallest absolute Gasteiger partial charge is 0.291 e. The molecular weight excluding hydrogens is 388 g/mol. The largest absolute Gasteiger partial charge is 0.463 e. The normalized spacial score (nSPS) is 12.7. The second kappa shape index (κ2) is 7.25. The number of fused-ring (bicyclic) bond motifs is 4. The number of carbonyl (C=O) groups excluding carboxylic acids is 1. The fraction of sp³-hybridized carbons (Fsp3) is 0.286. The molecule has 0 unspecified atom stereocenters. The van der Waals surface area contributed by atoms with Crippen molar-refractivity contribution in [2.75, 3.05) is 6.79 Å². The van der Waals surface area contributed by atoms with Crippen LogP contribution < -0.4 is 20.3 Å². The third-order valence-electron chi connectivity index (χ3n) is 5.17. The van der Waals surface area contributed by atoms with Crippen molar-refractivity contribution in [3.05, 3.63) is 58.3 Å². The monoisotopic (exact) mass is 408 g/mol. The lowest BCUT2D eigenvalue weighted by Gasteiger charge is -2.09. The number of benzene rings is 1. The Labute approximate surface area is 170 Å². The Hall–Kier alpha value is -3.75. The Kier molecular flexibility index (Phi) is 4.42. The van der Waals surface area contributed by atoms with Gasteiger partial charge >= 0.3 is 0 Å². The highest BCUT2D eigenvalue weighted by Gasteiger charge is 2.15. The predicted molar refractivity (Wildman–Crippen MR) is 108 cm³/mol. The van der Waals surface area contributed by atoms with Crippen molar-refractivity contribution in [2.24, 2.45) is 0 Å². The zero-order valence-electron chi connectivity index (χ0n) is 16.4. The van der Waals surface area contributed by atoms with Gasteiger partial charge in [-0.15, -0.1) is 0 Å². The first-order chi connectivity index (χ1) is 14.6. The van der Waals surface area contributed by atoms with E-state index in [-0.39, 0.29) is 18.3 Å². The first-order valence-electron chi connectivity index (χ1n) is 9.72. The van der Waals surface area contributed by atoms with Gasteiger partial charge in [0.1, 0.15) is 11.3 Å². The molecule has 1 aliphatic rings. The van der Waals surface area contributed by atoms with Gasteiger partial charge in [0.2, 0.25) is 12.7 Å². The summed E-state index contributed by atoms with van der Waals surface area (Å²) < 4.78 is 19.2. The van der Waals surface area contributed by atoms with Crippen LogP contribution in [0.3, 0.4) is 0 Å². The summed E-state index contributed by atoms with van der Waals surface area (Å²) in [5.74, 6) is 2.01. The maximum Gasteiger partial charge on any atom is 0.291 e. The standard InChI is InChI=1S/C21H20N4O5/c1-13-23-24(21(27)16-10-18-15(25(13)16)6-8-28-18)7-2-3-20(26)22-11-14-4-5-17-19(9-14)30-12-29-17/h4-6,8-10H,2-3,7,11-12H2,1H3,(H,22,26). The van der Waals surface area contributed by atoms with Crippen molar-refractivity contribution >= 4 is 22.5 Å². The number of nitrogens with one attached hydrogen (secondary N) is 1. The number of furan rings is 1. The van der Waals surface area contributed by atoms with E-state index in [0.29, 0.717) is 54.4 Å². The summed E-state index contributed by atoms with van der Waals surface area (Å²) in [5.41, 5.74) is 2.72. The Morgan fingerprint density at radius 3 is 2.93 bits per heavy atom. The van der Waals surface area contributed by atoms with Crippen LogP contribution in [0.2, 0.25) is 0 Å². The van der Waals surface area contributed by atoms with Gasteiger partial charge in [0.05, 0.1) is 11.8 Å². The highest BCUT2D eigenvalue weighted by molar-refractivity contribution is 5.82. The second-order valence-corrected chi connectivity index (χ2v) is 7.18. The average Bonchev–Trinajstić information content (AvgIpc) is 3.45. The van der Waals surface area contributed by atoms with Crippen LogP contribution in [0.1, 0.15) is 24.2 Å². The van der Waals surface area contributed by atoms with Crippen molar-refractivity contribution < 1.29 is 18.7 Å². The number of amides is 1. The lowest BCUT2D eigenvalue weighted by atomic mass is 10.2. The van der Waals surface area contributed by atoms with Gasteiger partial charge in [0.15, 0.2) is 17.1 Å². The summed E-state index contributed by atoms with van der Waals surface area (Å²) in [6.45, 7) is 2.83. The third-order valence-corrected chi connectivity index (χ3v) is 5.17. The molecule has 1 N–H and O–H groups in total. The van der Waals surface area contributed by atoms with Crippen LogP contribution in [0.5, 0.6) is 11.5 Å². The molecule has 5 rings (SSSR count). The number of aryl methyl sites for hydroxylation is 2. The van der Waals surface area contributed by atoms with Gasteiger partial charge in [-0.3, -0.25) is 14.0 Å². The third kappa shape index (κ3) is 3.18. The molecule has 4 heterocycles. The molecule has 0 radical (unpaired) electrons. The number of nitrogens with zero attached hydrogens (tertiary/aromatic N) is 3. The second-order valence-electron chi connectivity index (χ2n) is 7.18. The van der Waals surface area contributed by atoms with E-state index >= 15 is 0 Å². The summed E-state index contributed by atoms with van der Waals surface area (Å²) in [5, 5.41) is 7.28. The zero-order chi connectivity index (χ0) is 20.7. The van der Waals surface area contributed by atoms with Crippen molar-refractivity contribution in [1.82, 2.24) is 19.5 Å². The number of ether oxygens (including phenoxy) is 2. The van der Waals surface area contributed by atoms with Gasteiger partial charge in [-0.25, -0.2) is 4.68 Å². The summed E-state index contributed by atoms with van der Waals surface area (Å²) >= 11 is 0. The van der Waals surface area contributed by atoms with Crippen LogP contribution in [-0.2, 0) is 17.9 Å². The molecular formula is C21H20N4O5. The molecule has 9 nitrogen and oxygen atoms in total. The number of rotatable bonds is 6. The first-order valence-corrected chi connectivity index (χ1v) is 9.72. The van der Waals surface area contributed by atoms with Crippen molar-refractivity contribution in [2.45, 2.75) is 32.9 Å². The molecule has 0 bridgehead atoms. The molecule has 9 heteroatoms. The molecule has 0 saturated heterocycles. The lowest BCUT2D eigenvalue weighted by molar-refractivity contribution is -0.121. The molecule has 0 fully saturated rings. The van der Waals surface area contributed by atoms with E-state index in [1.165, 1.54) is 4.68 Å². The van der Waals surface area contributed by atoms with Gasteiger partial charge in [-0.1, -0.05) is 6.07 Å². The average molecular weight is 408 g/mol. The van der Waals surface area contributed by atoms with E-state index in [9.17, 15) is 9.59 Å². The Morgan fingerprint density at radius 2 is 2.03 bits per heavy atom. The van der Waals surface area contributed by atoms with E-state index in [4.69, 9.17) is 13.9 Å². The fourth-order valence-electron chi connectivity index (χ4n) is 3.71. The Bertz CT molecular complexity index is 1320. The highest BCUT2D eigenvalue weighted by atomic mass is 16.7. The van der Waals surface area contributed by atoms with Gasteiger partial charge < -0.3 is 19.2 Å². The maximum absolute atomic E-state index is 12.7. The Morgan fingerprint density at radius 1 is 1.17 bits per heavy atom. The summed E-state index contributed by atoms with van der Waals surface area (Å²) in [7, 11) is 0. The highest BCUT2D eigenvalue weighted by Crippen LogP contribution is 2.32. The van der Waals surface area contributed by atoms with Crippen molar-refractivity contribution in [3.8, 4) is 11.5 Å². The van der Waals surface area contributed by atoms with E-state index in [2.05, 4.69) is 10.4 Å². The zero-order valence-corrected chi connectivity index (χ0v) is 16.4. The van der Waals surface area contributed by atoms with E-state index < -0.39 is 0 Å². The minimum Gasteiger partial charge on any atom is -0.463 e. The molecule has 1 amide bonds. The lowest BCUT2D eigenvalue weighted by Crippen LogP contribution is -2.27. The summed E-state index contributed by atoms with van der Waals surface area (Å²) in [6, 6.07) is 9.12. The molecule has 0 saturated carbocycles. The van der Waals surface area contributed by atoms with Crippen LogP contribution in [0.15, 0.2) is 45.8 Å². The summed E-state index contributed by atoms with van der Waals surface area (Å²) in [6.07, 6.45) is 2.39. The first kappa shape index (κ1) is 18.3. The van der Waals surface area contributed by atoms with Crippen LogP contribution in [0.4, 0.5) is 0 Å². The molecule has 0 aliphatic carbocycles. The predicted octanol–water partition coefficient (Wildman–Crippen LogP) is 2.38. The minimum absolute atomic E-state index is 0.0845. The quantitative estimate of drug-likeness (QED) is 0.526. The molecule has 4 aromatic rings.